The van der Waals surface area contributed by atoms with Crippen molar-refractivity contribution in [2.45, 2.75) is 19.6 Å². The smallest absolute Gasteiger partial charge is 0.206 e. The third kappa shape index (κ3) is 13.0. The van der Waals surface area contributed by atoms with Crippen LogP contribution in [0.1, 0.15) is 11.1 Å². The van der Waals surface area contributed by atoms with Crippen LogP contribution in [0.2, 0.25) is 20.1 Å². The van der Waals surface area contributed by atoms with Crippen LogP contribution in [0.15, 0.2) is 250 Å². The van der Waals surface area contributed by atoms with E-state index in [2.05, 4.69) is 12.1 Å². The zero-order valence-electron chi connectivity index (χ0n) is 40.4. The van der Waals surface area contributed by atoms with Gasteiger partial charge in [0.05, 0.1) is 29.6 Å². The highest BCUT2D eigenvalue weighted by Gasteiger charge is 2.19. The lowest BCUT2D eigenvalue weighted by Crippen LogP contribution is -2.01. The molecule has 0 unspecified atom stereocenters. The third-order valence-corrected chi connectivity index (χ3v) is 16.4. The molecule has 0 fully saturated rings. The molecule has 384 valence electrons. The SMILES string of the molecule is N#Cc1c(Cl)cccc1Oc1ccc(-c2ccc(Oc3cccc(Cl)c3C#N)cc2)cc1.O=S(=O)(c1ccc(Cl)cc1)c1ccc(Oc2ccc(-c3ccc(Oc4ccc(S(=O)(=O)c5ccc(Cl)cc5)cc4)cc3)cc2)cc1. The van der Waals surface area contributed by atoms with Gasteiger partial charge in [-0.2, -0.15) is 10.5 Å². The van der Waals surface area contributed by atoms with E-state index in [1.54, 1.807) is 84.9 Å². The average molecular weight is 1140 g/mol. The highest BCUT2D eigenvalue weighted by molar-refractivity contribution is 7.91. The molecule has 0 aliphatic rings. The molecule has 0 saturated carbocycles. The molecular formula is C62H38Cl4N2O8S2. The minimum absolute atomic E-state index is 0.157. The summed E-state index contributed by atoms with van der Waals surface area (Å²) in [6, 6.07) is 68.9. The van der Waals surface area contributed by atoms with Gasteiger partial charge in [0.1, 0.15) is 69.3 Å². The Morgan fingerprint density at radius 1 is 0.295 bits per heavy atom. The summed E-state index contributed by atoms with van der Waals surface area (Å²) in [7, 11) is -7.34. The second kappa shape index (κ2) is 24.2. The highest BCUT2D eigenvalue weighted by atomic mass is 35.5. The van der Waals surface area contributed by atoms with Crippen molar-refractivity contribution in [2.24, 2.45) is 0 Å². The predicted molar refractivity (Wildman–Crippen MR) is 303 cm³/mol. The summed E-state index contributed by atoms with van der Waals surface area (Å²) in [6.45, 7) is 0. The number of nitriles is 2. The number of nitrogens with zero attached hydrogens (tertiary/aromatic N) is 2. The predicted octanol–water partition coefficient (Wildman–Crippen LogP) is 17.9. The second-order valence-electron chi connectivity index (χ2n) is 16.8. The van der Waals surface area contributed by atoms with E-state index in [0.29, 0.717) is 77.2 Å². The molecule has 0 radical (unpaired) electrons. The van der Waals surface area contributed by atoms with Gasteiger partial charge in [-0.3, -0.25) is 0 Å². The van der Waals surface area contributed by atoms with Gasteiger partial charge < -0.3 is 18.9 Å². The van der Waals surface area contributed by atoms with Crippen LogP contribution in [0, 0.1) is 22.7 Å². The van der Waals surface area contributed by atoms with Gasteiger partial charge in [-0.25, -0.2) is 16.8 Å². The lowest BCUT2D eigenvalue weighted by Gasteiger charge is -2.10. The summed E-state index contributed by atoms with van der Waals surface area (Å²) in [5.74, 6) is 4.20. The van der Waals surface area contributed by atoms with E-state index in [4.69, 9.17) is 65.4 Å². The number of ether oxygens (including phenoxy) is 4. The first kappa shape index (κ1) is 54.2. The van der Waals surface area contributed by atoms with Crippen molar-refractivity contribution in [1.29, 1.82) is 10.5 Å². The van der Waals surface area contributed by atoms with E-state index in [1.165, 1.54) is 48.5 Å². The largest absolute Gasteiger partial charge is 0.457 e. The first-order chi connectivity index (χ1) is 37.7. The molecule has 0 bridgehead atoms. The molecule has 0 aromatic heterocycles. The van der Waals surface area contributed by atoms with Crippen molar-refractivity contribution in [3.63, 3.8) is 0 Å². The fourth-order valence-corrected chi connectivity index (χ4v) is 10.8. The van der Waals surface area contributed by atoms with Gasteiger partial charge in [-0.1, -0.05) is 107 Å². The van der Waals surface area contributed by atoms with Crippen LogP contribution in [0.5, 0.6) is 46.0 Å². The molecule has 10 aromatic carbocycles. The molecule has 0 amide bonds. The van der Waals surface area contributed by atoms with Gasteiger partial charge in [-0.15, -0.1) is 0 Å². The van der Waals surface area contributed by atoms with Crippen molar-refractivity contribution in [2.75, 3.05) is 0 Å². The zero-order valence-corrected chi connectivity index (χ0v) is 45.1. The van der Waals surface area contributed by atoms with Crippen LogP contribution in [-0.2, 0) is 19.7 Å². The monoisotopic (exact) mass is 1140 g/mol. The van der Waals surface area contributed by atoms with Gasteiger partial charge in [0, 0.05) is 10.0 Å². The topological polar surface area (TPSA) is 153 Å². The molecular weight excluding hydrogens is 1110 g/mol. The molecule has 0 heterocycles. The summed E-state index contributed by atoms with van der Waals surface area (Å²) in [4.78, 5) is 0.643. The Bertz CT molecular complexity index is 3790. The third-order valence-electron chi connectivity index (χ3n) is 11.7. The Hall–Kier alpha value is -8.56. The van der Waals surface area contributed by atoms with E-state index in [-0.39, 0.29) is 19.6 Å². The van der Waals surface area contributed by atoms with E-state index < -0.39 is 19.7 Å². The van der Waals surface area contributed by atoms with Crippen LogP contribution < -0.4 is 18.9 Å². The van der Waals surface area contributed by atoms with Gasteiger partial charge in [0.2, 0.25) is 19.7 Å². The van der Waals surface area contributed by atoms with Crippen LogP contribution in [-0.4, -0.2) is 16.8 Å². The second-order valence-corrected chi connectivity index (χ2v) is 22.4. The fourth-order valence-electron chi connectivity index (χ4n) is 7.66. The number of hydrogen-bond acceptors (Lipinski definition) is 10. The minimum atomic E-state index is -3.67. The lowest BCUT2D eigenvalue weighted by atomic mass is 10.1. The van der Waals surface area contributed by atoms with E-state index >= 15 is 0 Å². The van der Waals surface area contributed by atoms with Crippen molar-refractivity contribution in [1.82, 2.24) is 0 Å². The Morgan fingerprint density at radius 2 is 0.526 bits per heavy atom. The standard InChI is InChI=1S/C36H24Cl2O6S2.C26H14Cl2N2O2/c37-27-5-17-33(18-6-27)45(39,40)35-21-13-31(14-22-35)43-29-9-1-25(2-10-29)26-3-11-30(12-4-26)44-32-15-23-36(24-16-32)46(41,42)34-19-7-28(38)8-20-34;27-23-3-1-5-25(21(23)15-29)31-19-11-7-17(8-12-19)18-9-13-20(14-10-18)32-26-6-2-4-24(28)22(26)16-30/h1-24H;1-14H. The van der Waals surface area contributed by atoms with Crippen molar-refractivity contribution in [3.05, 3.63) is 262 Å². The van der Waals surface area contributed by atoms with E-state index in [1.807, 2.05) is 97.1 Å². The molecule has 0 saturated heterocycles. The van der Waals surface area contributed by atoms with E-state index in [9.17, 15) is 27.4 Å². The summed E-state index contributed by atoms with van der Waals surface area (Å²) in [5.41, 5.74) is 4.48. The lowest BCUT2D eigenvalue weighted by molar-refractivity contribution is 0.480. The Labute approximate surface area is 470 Å². The number of halogens is 4. The molecule has 0 atom stereocenters. The van der Waals surface area contributed by atoms with Crippen molar-refractivity contribution in [3.8, 4) is 80.4 Å². The van der Waals surface area contributed by atoms with E-state index in [0.717, 1.165) is 22.3 Å². The Morgan fingerprint density at radius 3 is 0.782 bits per heavy atom. The van der Waals surface area contributed by atoms with Gasteiger partial charge in [-0.05, 0) is 192 Å². The first-order valence-electron chi connectivity index (χ1n) is 23.4. The molecule has 10 rings (SSSR count). The van der Waals surface area contributed by atoms with Crippen LogP contribution in [0.25, 0.3) is 22.3 Å². The van der Waals surface area contributed by atoms with Crippen LogP contribution in [0.3, 0.4) is 0 Å². The number of sulfone groups is 2. The molecule has 16 heteroatoms. The van der Waals surface area contributed by atoms with Gasteiger partial charge >= 0.3 is 0 Å². The van der Waals surface area contributed by atoms with Crippen molar-refractivity contribution < 1.29 is 35.8 Å². The number of hydrogen-bond donors (Lipinski definition) is 0. The van der Waals surface area contributed by atoms with Gasteiger partial charge in [0.25, 0.3) is 0 Å². The highest BCUT2D eigenvalue weighted by Crippen LogP contribution is 2.35. The fraction of sp³-hybridized carbons (Fsp3) is 0. The molecule has 0 N–H and O–H groups in total. The maximum absolute atomic E-state index is 12.9. The Kier molecular flexibility index (Phi) is 16.8. The molecule has 78 heavy (non-hydrogen) atoms. The number of rotatable bonds is 14. The maximum Gasteiger partial charge on any atom is 0.206 e. The quantitative estimate of drug-likeness (QED) is 0.103. The molecule has 0 aliphatic heterocycles. The minimum Gasteiger partial charge on any atom is -0.457 e. The molecule has 10 nitrogen and oxygen atoms in total. The maximum atomic E-state index is 12.9. The first-order valence-corrected chi connectivity index (χ1v) is 27.9. The van der Waals surface area contributed by atoms with Gasteiger partial charge in [0.15, 0.2) is 0 Å². The normalized spacial score (nSPS) is 11.0. The summed E-state index contributed by atoms with van der Waals surface area (Å²) in [5, 5.41) is 20.2. The summed E-state index contributed by atoms with van der Waals surface area (Å²) >= 11 is 23.9. The Balaban J connectivity index is 0.000000202. The van der Waals surface area contributed by atoms with Crippen molar-refractivity contribution >= 4 is 66.1 Å². The summed E-state index contributed by atoms with van der Waals surface area (Å²) in [6.07, 6.45) is 0. The summed E-state index contributed by atoms with van der Waals surface area (Å²) < 4.78 is 75.0. The number of benzene rings is 10. The van der Waals surface area contributed by atoms with Crippen LogP contribution in [0.4, 0.5) is 0 Å². The zero-order chi connectivity index (χ0) is 54.8. The molecule has 10 aromatic rings. The molecule has 0 aliphatic carbocycles. The average Bonchev–Trinajstić information content (AvgIpc) is 3.46. The van der Waals surface area contributed by atoms with Crippen LogP contribution >= 0.6 is 46.4 Å². The molecule has 0 spiro atoms.